The van der Waals surface area contributed by atoms with E-state index in [1.165, 1.54) is 4.90 Å². The van der Waals surface area contributed by atoms with Gasteiger partial charge in [-0.05, 0) is 18.9 Å². The highest BCUT2D eigenvalue weighted by Crippen LogP contribution is 2.37. The van der Waals surface area contributed by atoms with Gasteiger partial charge in [0.2, 0.25) is 0 Å². The summed E-state index contributed by atoms with van der Waals surface area (Å²) in [6, 6.07) is -0.433. The Morgan fingerprint density at radius 2 is 2.40 bits per heavy atom. The average molecular weight is 275 g/mol. The second-order valence-corrected chi connectivity index (χ2v) is 5.45. The van der Waals surface area contributed by atoms with Crippen molar-refractivity contribution < 1.29 is 9.63 Å². The molecule has 4 rings (SSSR count). The average Bonchev–Trinajstić information content (AvgIpc) is 2.98. The summed E-state index contributed by atoms with van der Waals surface area (Å²) in [6.45, 7) is 2.16. The molecule has 0 bridgehead atoms. The van der Waals surface area contributed by atoms with E-state index in [0.29, 0.717) is 19.1 Å². The first-order valence-corrected chi connectivity index (χ1v) is 6.88. The topological polar surface area (TPSA) is 82.9 Å². The summed E-state index contributed by atoms with van der Waals surface area (Å²) < 4.78 is 0. The first-order chi connectivity index (χ1) is 9.74. The number of hydrogen-bond acceptors (Lipinski definition) is 5. The van der Waals surface area contributed by atoms with Gasteiger partial charge >= 0.3 is 6.03 Å². The van der Waals surface area contributed by atoms with Gasteiger partial charge in [-0.1, -0.05) is 0 Å². The molecule has 20 heavy (non-hydrogen) atoms. The van der Waals surface area contributed by atoms with E-state index in [2.05, 4.69) is 15.9 Å². The smallest absolute Gasteiger partial charge is 0.319 e. The van der Waals surface area contributed by atoms with Crippen molar-refractivity contribution in [2.24, 2.45) is 11.7 Å². The summed E-state index contributed by atoms with van der Waals surface area (Å²) in [4.78, 5) is 18.3. The maximum atomic E-state index is 11.4. The maximum Gasteiger partial charge on any atom is 0.319 e. The van der Waals surface area contributed by atoms with Crippen LogP contribution in [0, 0.1) is 5.92 Å². The van der Waals surface area contributed by atoms with Gasteiger partial charge in [-0.25, -0.2) is 4.79 Å². The molecular formula is C13H17N5O2. The molecule has 0 saturated carbocycles. The third-order valence-electron chi connectivity index (χ3n) is 4.23. The van der Waals surface area contributed by atoms with Crippen LogP contribution in [0.1, 0.15) is 12.8 Å². The number of allylic oxidation sites excluding steroid dienone is 1. The van der Waals surface area contributed by atoms with Crippen LogP contribution in [-0.2, 0) is 4.84 Å². The van der Waals surface area contributed by atoms with E-state index in [1.54, 1.807) is 6.20 Å². The van der Waals surface area contributed by atoms with Gasteiger partial charge in [-0.15, -0.1) is 0 Å². The molecule has 7 heteroatoms. The molecule has 1 saturated heterocycles. The molecule has 106 valence electrons. The minimum atomic E-state index is -0.433. The number of hydrazine groups is 1. The summed E-state index contributed by atoms with van der Waals surface area (Å²) in [5.74, 6) is 0.414. The van der Waals surface area contributed by atoms with Gasteiger partial charge in [0.15, 0.2) is 0 Å². The Morgan fingerprint density at radius 1 is 1.50 bits per heavy atom. The largest absolute Gasteiger partial charge is 0.351 e. The van der Waals surface area contributed by atoms with Crippen LogP contribution in [0.15, 0.2) is 34.9 Å². The lowest BCUT2D eigenvalue weighted by atomic mass is 9.98. The monoisotopic (exact) mass is 275 g/mol. The lowest BCUT2D eigenvalue weighted by molar-refractivity contribution is 0.0997. The third kappa shape index (κ3) is 1.59. The number of carbonyl (C=O) groups excluding carboxylic acids is 1. The van der Waals surface area contributed by atoms with Crippen LogP contribution in [0.4, 0.5) is 4.79 Å². The fraction of sp³-hybridized carbons (Fsp3) is 0.462. The van der Waals surface area contributed by atoms with Crippen molar-refractivity contribution in [2.75, 3.05) is 19.7 Å². The highest BCUT2D eigenvalue weighted by atomic mass is 16.7. The van der Waals surface area contributed by atoms with Gasteiger partial charge in [-0.2, -0.15) is 0 Å². The molecule has 2 amide bonds. The van der Waals surface area contributed by atoms with E-state index >= 15 is 0 Å². The van der Waals surface area contributed by atoms with Crippen LogP contribution in [0.5, 0.6) is 0 Å². The summed E-state index contributed by atoms with van der Waals surface area (Å²) in [6.07, 6.45) is 5.85. The predicted octanol–water partition coefficient (Wildman–Crippen LogP) is 0.125. The van der Waals surface area contributed by atoms with Crippen LogP contribution in [0.3, 0.4) is 0 Å². The minimum absolute atomic E-state index is 0.414. The van der Waals surface area contributed by atoms with E-state index < -0.39 is 6.03 Å². The van der Waals surface area contributed by atoms with Crippen molar-refractivity contribution in [3.8, 4) is 0 Å². The summed E-state index contributed by atoms with van der Waals surface area (Å²) in [5.41, 5.74) is 16.2. The summed E-state index contributed by atoms with van der Waals surface area (Å²) in [7, 11) is 0. The van der Waals surface area contributed by atoms with Gasteiger partial charge < -0.3 is 5.73 Å². The first-order valence-electron chi connectivity index (χ1n) is 6.88. The van der Waals surface area contributed by atoms with Gasteiger partial charge in [-0.3, -0.25) is 25.7 Å². The van der Waals surface area contributed by atoms with Crippen molar-refractivity contribution >= 4 is 6.03 Å². The molecule has 1 unspecified atom stereocenters. The molecule has 4 N–H and O–H groups in total. The maximum absolute atomic E-state index is 11.4. The van der Waals surface area contributed by atoms with Crippen molar-refractivity contribution in [1.29, 1.82) is 0 Å². The predicted molar refractivity (Wildman–Crippen MR) is 71.1 cm³/mol. The van der Waals surface area contributed by atoms with E-state index in [4.69, 9.17) is 10.6 Å². The highest BCUT2D eigenvalue weighted by Gasteiger charge is 2.38. The Bertz CT molecular complexity index is 565. The number of carbonyl (C=O) groups is 1. The number of nitrogens with zero attached hydrogens (tertiary/aromatic N) is 2. The molecule has 4 aliphatic rings. The molecule has 0 radical (unpaired) electrons. The number of primary amides is 1. The number of fused-ring (bicyclic) bond motifs is 3. The van der Waals surface area contributed by atoms with E-state index in [9.17, 15) is 4.79 Å². The molecule has 1 fully saturated rings. The normalized spacial score (nSPS) is 27.7. The number of hydrogen-bond donors (Lipinski definition) is 3. The van der Waals surface area contributed by atoms with Gasteiger partial charge in [0, 0.05) is 24.2 Å². The van der Waals surface area contributed by atoms with Gasteiger partial charge in [0.1, 0.15) is 0 Å². The van der Waals surface area contributed by atoms with Crippen molar-refractivity contribution in [1.82, 2.24) is 20.8 Å². The molecule has 0 aromatic carbocycles. The van der Waals surface area contributed by atoms with Crippen LogP contribution in [-0.4, -0.2) is 35.6 Å². The molecule has 0 aliphatic carbocycles. The second kappa shape index (κ2) is 4.17. The number of nitrogens with two attached hydrogens (primary N) is 1. The molecule has 0 aromatic rings. The van der Waals surface area contributed by atoms with Crippen LogP contribution in [0.2, 0.25) is 0 Å². The number of hydroxylamine groups is 1. The molecule has 1 atom stereocenters. The Balaban J connectivity index is 1.76. The molecule has 4 aliphatic heterocycles. The minimum Gasteiger partial charge on any atom is -0.351 e. The Kier molecular flexibility index (Phi) is 2.43. The second-order valence-electron chi connectivity index (χ2n) is 5.45. The Morgan fingerprint density at radius 3 is 3.25 bits per heavy atom. The molecule has 0 spiro atoms. The molecule has 7 nitrogen and oxygen atoms in total. The number of nitrogens with one attached hydrogen (secondary N) is 2. The fourth-order valence-electron chi connectivity index (χ4n) is 3.22. The highest BCUT2D eigenvalue weighted by molar-refractivity contribution is 5.74. The summed E-state index contributed by atoms with van der Waals surface area (Å²) >= 11 is 0. The first kappa shape index (κ1) is 11.7. The number of rotatable bonds is 0. The fourth-order valence-corrected chi connectivity index (χ4v) is 3.22. The standard InChI is InChI=1S/C13H17N5O2/c14-13(19)17-5-3-10-9(6-17)12-11-8(7-20-16-11)2-1-4-18(12)15-10/h3,5,8,15-16H,1-2,4,6-7H2,(H2,14,19). The van der Waals surface area contributed by atoms with Crippen molar-refractivity contribution in [3.05, 3.63) is 34.9 Å². The molecule has 4 heterocycles. The lowest BCUT2D eigenvalue weighted by Crippen LogP contribution is -2.35. The lowest BCUT2D eigenvalue weighted by Gasteiger charge is -2.23. The van der Waals surface area contributed by atoms with Gasteiger partial charge in [0.25, 0.3) is 0 Å². The zero-order chi connectivity index (χ0) is 13.7. The van der Waals surface area contributed by atoms with E-state index in [-0.39, 0.29) is 0 Å². The van der Waals surface area contributed by atoms with Gasteiger partial charge in [0.05, 0.1) is 30.2 Å². The van der Waals surface area contributed by atoms with Crippen molar-refractivity contribution in [2.45, 2.75) is 12.8 Å². The SMILES string of the molecule is NC(=O)N1C=CC2=C(C1)C1=C3NOCC3CCCN1N2. The molecule has 0 aromatic heterocycles. The zero-order valence-corrected chi connectivity index (χ0v) is 11.1. The number of amides is 2. The van der Waals surface area contributed by atoms with E-state index in [1.807, 2.05) is 6.08 Å². The zero-order valence-electron chi connectivity index (χ0n) is 11.1. The number of urea groups is 1. The van der Waals surface area contributed by atoms with Crippen LogP contribution in [0.25, 0.3) is 0 Å². The Hall–Kier alpha value is -2.15. The van der Waals surface area contributed by atoms with E-state index in [0.717, 1.165) is 42.1 Å². The quantitative estimate of drug-likeness (QED) is 0.585. The summed E-state index contributed by atoms with van der Waals surface area (Å²) in [5, 5.41) is 2.15. The van der Waals surface area contributed by atoms with Crippen LogP contribution >= 0.6 is 0 Å². The third-order valence-corrected chi connectivity index (χ3v) is 4.23. The Labute approximate surface area is 116 Å². The van der Waals surface area contributed by atoms with Crippen molar-refractivity contribution in [3.63, 3.8) is 0 Å². The van der Waals surface area contributed by atoms with Crippen LogP contribution < -0.4 is 16.6 Å². The molecular weight excluding hydrogens is 258 g/mol.